The molecule has 0 radical (unpaired) electrons. The lowest BCUT2D eigenvalue weighted by Crippen LogP contribution is -2.03. The van der Waals surface area contributed by atoms with Crippen LogP contribution in [0.5, 0.6) is 0 Å². The van der Waals surface area contributed by atoms with E-state index in [9.17, 15) is 19.7 Å². The quantitative estimate of drug-likeness (QED) is 0.215. The summed E-state index contributed by atoms with van der Waals surface area (Å²) in [6.07, 6.45) is 0. The molecule has 0 saturated carbocycles. The van der Waals surface area contributed by atoms with Crippen LogP contribution in [-0.4, -0.2) is 31.1 Å². The molecule has 8 heteroatoms. The zero-order valence-electron chi connectivity index (χ0n) is 17.4. The molecule has 0 saturated heterocycles. The number of nitrogens with two attached hydrogens (primary N) is 1. The van der Waals surface area contributed by atoms with Crippen molar-refractivity contribution in [1.29, 1.82) is 0 Å². The lowest BCUT2D eigenvalue weighted by atomic mass is 10.0. The molecule has 0 atom stereocenters. The Morgan fingerprint density at radius 3 is 1.75 bits per heavy atom. The van der Waals surface area contributed by atoms with E-state index in [4.69, 9.17) is 10.5 Å². The van der Waals surface area contributed by atoms with Crippen LogP contribution in [0.2, 0.25) is 0 Å². The van der Waals surface area contributed by atoms with E-state index in [1.54, 1.807) is 30.3 Å². The summed E-state index contributed by atoms with van der Waals surface area (Å²) >= 11 is 0. The fourth-order valence-electron chi connectivity index (χ4n) is 3.29. The maximum Gasteiger partial charge on any atom is 0.338 e. The number of rotatable bonds is 3. The van der Waals surface area contributed by atoms with Gasteiger partial charge in [0, 0.05) is 17.8 Å². The lowest BCUT2D eigenvalue weighted by Gasteiger charge is -2.05. The normalized spacial score (nSPS) is 10.2. The predicted molar refractivity (Wildman–Crippen MR) is 122 cm³/mol. The van der Waals surface area contributed by atoms with E-state index in [1.165, 1.54) is 26.4 Å². The molecular weight excluding hydrogens is 412 g/mol. The fraction of sp³-hybridized carbons (Fsp3) is 0.0833. The third-order valence-electron chi connectivity index (χ3n) is 4.75. The Labute approximate surface area is 183 Å². The van der Waals surface area contributed by atoms with Crippen molar-refractivity contribution in [2.45, 2.75) is 0 Å². The van der Waals surface area contributed by atoms with Crippen LogP contribution in [0.3, 0.4) is 0 Å². The molecule has 0 aliphatic carbocycles. The number of carbonyl (C=O) groups excluding carboxylic acids is 2. The van der Waals surface area contributed by atoms with Gasteiger partial charge in [-0.1, -0.05) is 48.5 Å². The molecule has 0 amide bonds. The van der Waals surface area contributed by atoms with Crippen molar-refractivity contribution in [2.24, 2.45) is 0 Å². The average Bonchev–Trinajstić information content (AvgIpc) is 2.82. The Morgan fingerprint density at radius 2 is 1.25 bits per heavy atom. The zero-order valence-corrected chi connectivity index (χ0v) is 17.4. The first-order valence-electron chi connectivity index (χ1n) is 9.47. The van der Waals surface area contributed by atoms with E-state index in [0.29, 0.717) is 22.0 Å². The molecule has 4 aromatic rings. The van der Waals surface area contributed by atoms with Gasteiger partial charge in [-0.05, 0) is 33.7 Å². The van der Waals surface area contributed by atoms with Gasteiger partial charge in [-0.2, -0.15) is 0 Å². The third-order valence-corrected chi connectivity index (χ3v) is 4.75. The SMILES string of the molecule is COC(=O)c1cc(N)cc2ccccc12.COC(=O)c1cc([N+](=O)[O-])cc2ccccc12. The second kappa shape index (κ2) is 9.57. The first kappa shape index (κ1) is 22.2. The summed E-state index contributed by atoms with van der Waals surface area (Å²) in [6, 6.07) is 20.7. The second-order valence-corrected chi connectivity index (χ2v) is 6.74. The highest BCUT2D eigenvalue weighted by atomic mass is 16.6. The van der Waals surface area contributed by atoms with E-state index in [0.717, 1.165) is 10.8 Å². The summed E-state index contributed by atoms with van der Waals surface area (Å²) in [4.78, 5) is 33.3. The number of nitrogens with zero attached hydrogens (tertiary/aromatic N) is 1. The van der Waals surface area contributed by atoms with Crippen molar-refractivity contribution in [3.8, 4) is 0 Å². The molecule has 4 aromatic carbocycles. The molecule has 0 heterocycles. The van der Waals surface area contributed by atoms with E-state index < -0.39 is 10.9 Å². The Kier molecular flexibility index (Phi) is 6.65. The molecule has 0 unspecified atom stereocenters. The van der Waals surface area contributed by atoms with Crippen molar-refractivity contribution in [3.63, 3.8) is 0 Å². The van der Waals surface area contributed by atoms with E-state index >= 15 is 0 Å². The van der Waals surface area contributed by atoms with Gasteiger partial charge < -0.3 is 15.2 Å². The number of non-ortho nitro benzene ring substituents is 1. The smallest absolute Gasteiger partial charge is 0.338 e. The number of anilines is 1. The van der Waals surface area contributed by atoms with E-state index in [-0.39, 0.29) is 17.2 Å². The van der Waals surface area contributed by atoms with Crippen LogP contribution in [-0.2, 0) is 9.47 Å². The minimum absolute atomic E-state index is 0.121. The number of carbonyl (C=O) groups is 2. The molecule has 2 N–H and O–H groups in total. The largest absolute Gasteiger partial charge is 0.465 e. The van der Waals surface area contributed by atoms with Crippen LogP contribution in [0.1, 0.15) is 20.7 Å². The number of nitro groups is 1. The number of ether oxygens (including phenoxy) is 2. The van der Waals surface area contributed by atoms with Crippen molar-refractivity contribution in [3.05, 3.63) is 94.0 Å². The topological polar surface area (TPSA) is 122 Å². The van der Waals surface area contributed by atoms with Gasteiger partial charge in [0.2, 0.25) is 0 Å². The summed E-state index contributed by atoms with van der Waals surface area (Å²) in [5.41, 5.74) is 6.87. The standard InChI is InChI=1S/C12H9NO4.C12H11NO2/c1-17-12(14)11-7-9(13(15)16)6-8-4-2-3-5-10(8)11;1-15-12(14)11-7-9(13)6-8-4-2-3-5-10(8)11/h2-7H,1H3;2-7H,13H2,1H3. The predicted octanol–water partition coefficient (Wildman–Crippen LogP) is 4.74. The molecule has 32 heavy (non-hydrogen) atoms. The van der Waals surface area contributed by atoms with Gasteiger partial charge in [-0.15, -0.1) is 0 Å². The van der Waals surface area contributed by atoms with Crippen LogP contribution in [0, 0.1) is 10.1 Å². The van der Waals surface area contributed by atoms with Crippen LogP contribution < -0.4 is 5.73 Å². The molecule has 162 valence electrons. The minimum atomic E-state index is -0.579. The Bertz CT molecular complexity index is 1330. The van der Waals surface area contributed by atoms with Gasteiger partial charge in [0.15, 0.2) is 0 Å². The van der Waals surface area contributed by atoms with Gasteiger partial charge in [0.1, 0.15) is 0 Å². The number of nitrogen functional groups attached to an aromatic ring is 1. The molecule has 0 fully saturated rings. The highest BCUT2D eigenvalue weighted by Crippen LogP contribution is 2.26. The Balaban J connectivity index is 0.000000182. The summed E-state index contributed by atoms with van der Waals surface area (Å²) in [6.45, 7) is 0. The second-order valence-electron chi connectivity index (χ2n) is 6.74. The molecule has 0 spiro atoms. The van der Waals surface area contributed by atoms with Crippen molar-refractivity contribution >= 4 is 44.9 Å². The van der Waals surface area contributed by atoms with Crippen molar-refractivity contribution in [2.75, 3.05) is 20.0 Å². The zero-order chi connectivity index (χ0) is 23.3. The summed E-state index contributed by atoms with van der Waals surface area (Å²) in [5, 5.41) is 13.8. The highest BCUT2D eigenvalue weighted by Gasteiger charge is 2.16. The Hall–Kier alpha value is -4.46. The Morgan fingerprint density at radius 1 is 0.781 bits per heavy atom. The fourth-order valence-corrected chi connectivity index (χ4v) is 3.29. The van der Waals surface area contributed by atoms with Crippen molar-refractivity contribution < 1.29 is 24.0 Å². The molecule has 0 aliphatic rings. The van der Waals surface area contributed by atoms with Gasteiger partial charge in [-0.3, -0.25) is 10.1 Å². The highest BCUT2D eigenvalue weighted by molar-refractivity contribution is 6.06. The van der Waals surface area contributed by atoms with Crippen LogP contribution in [0.15, 0.2) is 72.8 Å². The number of hydrogen-bond acceptors (Lipinski definition) is 7. The van der Waals surface area contributed by atoms with Gasteiger partial charge >= 0.3 is 11.9 Å². The maximum absolute atomic E-state index is 11.6. The first-order valence-corrected chi connectivity index (χ1v) is 9.47. The van der Waals surface area contributed by atoms with Gasteiger partial charge in [0.25, 0.3) is 5.69 Å². The number of nitro benzene ring substituents is 1. The van der Waals surface area contributed by atoms with Gasteiger partial charge in [0.05, 0.1) is 30.3 Å². The summed E-state index contributed by atoms with van der Waals surface area (Å²) < 4.78 is 9.32. The van der Waals surface area contributed by atoms with Crippen LogP contribution in [0.4, 0.5) is 11.4 Å². The number of fused-ring (bicyclic) bond motifs is 2. The molecule has 0 aliphatic heterocycles. The van der Waals surface area contributed by atoms with Gasteiger partial charge in [-0.25, -0.2) is 9.59 Å². The number of methoxy groups -OCH3 is 2. The number of benzene rings is 4. The average molecular weight is 432 g/mol. The first-order chi connectivity index (χ1) is 15.3. The number of hydrogen-bond donors (Lipinski definition) is 1. The van der Waals surface area contributed by atoms with Crippen LogP contribution >= 0.6 is 0 Å². The van der Waals surface area contributed by atoms with Crippen LogP contribution in [0.25, 0.3) is 21.5 Å². The molecular formula is C24H20N2O6. The lowest BCUT2D eigenvalue weighted by molar-refractivity contribution is -0.384. The molecule has 0 bridgehead atoms. The van der Waals surface area contributed by atoms with E-state index in [2.05, 4.69) is 4.74 Å². The van der Waals surface area contributed by atoms with E-state index in [1.807, 2.05) is 30.3 Å². The molecule has 4 rings (SSSR count). The summed E-state index contributed by atoms with van der Waals surface area (Å²) in [7, 11) is 2.61. The number of esters is 2. The maximum atomic E-state index is 11.6. The molecule has 0 aromatic heterocycles. The minimum Gasteiger partial charge on any atom is -0.465 e. The third kappa shape index (κ3) is 4.65. The summed E-state index contributed by atoms with van der Waals surface area (Å²) in [5.74, 6) is -0.941. The monoisotopic (exact) mass is 432 g/mol. The van der Waals surface area contributed by atoms with Crippen molar-refractivity contribution in [1.82, 2.24) is 0 Å². The molecule has 8 nitrogen and oxygen atoms in total.